The molecule has 2 rings (SSSR count). The molecule has 8 heteroatoms. The highest BCUT2D eigenvalue weighted by Gasteiger charge is 2.47. The van der Waals surface area contributed by atoms with Crippen molar-refractivity contribution in [3.8, 4) is 0 Å². The minimum absolute atomic E-state index is 0.147. The minimum Gasteiger partial charge on any atom is -0.396 e. The topological polar surface area (TPSA) is 129 Å². The summed E-state index contributed by atoms with van der Waals surface area (Å²) >= 11 is 0. The normalized spacial score (nSPS) is 45.2. The van der Waals surface area contributed by atoms with Gasteiger partial charge in [0.15, 0.2) is 0 Å². The van der Waals surface area contributed by atoms with Crippen LogP contribution in [-0.4, -0.2) is 95.2 Å². The van der Waals surface area contributed by atoms with E-state index < -0.39 is 42.5 Å². The van der Waals surface area contributed by atoms with Crippen molar-refractivity contribution in [2.75, 3.05) is 26.9 Å². The van der Waals surface area contributed by atoms with E-state index in [1.807, 2.05) is 27.7 Å². The van der Waals surface area contributed by atoms with E-state index in [0.29, 0.717) is 6.42 Å². The quantitative estimate of drug-likeness (QED) is 0.401. The molecule has 10 atom stereocenters. The lowest BCUT2D eigenvalue weighted by molar-refractivity contribution is -0.232. The number of hydrogen-bond acceptors (Lipinski definition) is 8. The fourth-order valence-corrected chi connectivity index (χ4v) is 4.52. The highest BCUT2D eigenvalue weighted by Crippen LogP contribution is 2.36. The van der Waals surface area contributed by atoms with Crippen molar-refractivity contribution < 1.29 is 39.7 Å². The predicted molar refractivity (Wildman–Crippen MR) is 102 cm³/mol. The molecule has 10 unspecified atom stereocenters. The summed E-state index contributed by atoms with van der Waals surface area (Å²) < 4.78 is 16.9. The highest BCUT2D eigenvalue weighted by atomic mass is 16.5. The van der Waals surface area contributed by atoms with E-state index in [-0.39, 0.29) is 43.2 Å². The van der Waals surface area contributed by atoms with Crippen LogP contribution in [0, 0.1) is 23.2 Å². The smallest absolute Gasteiger partial charge is 0.107 e. The fraction of sp³-hybridized carbons (Fsp3) is 1.00. The van der Waals surface area contributed by atoms with E-state index in [4.69, 9.17) is 14.2 Å². The highest BCUT2D eigenvalue weighted by molar-refractivity contribution is 4.96. The molecule has 1 saturated carbocycles. The van der Waals surface area contributed by atoms with Crippen LogP contribution in [0.3, 0.4) is 0 Å². The van der Waals surface area contributed by atoms with Crippen molar-refractivity contribution in [2.24, 2.45) is 23.2 Å². The number of hydrogen-bond donors (Lipinski definition) is 5. The van der Waals surface area contributed by atoms with Crippen LogP contribution in [0.25, 0.3) is 0 Å². The number of methoxy groups -OCH3 is 1. The van der Waals surface area contributed by atoms with Crippen molar-refractivity contribution in [1.29, 1.82) is 0 Å². The van der Waals surface area contributed by atoms with E-state index in [1.54, 1.807) is 0 Å². The molecule has 0 bridgehead atoms. The first-order valence-corrected chi connectivity index (χ1v) is 10.1. The third-order valence-corrected chi connectivity index (χ3v) is 6.31. The van der Waals surface area contributed by atoms with Crippen LogP contribution in [0.5, 0.6) is 0 Å². The van der Waals surface area contributed by atoms with Gasteiger partial charge in [0.1, 0.15) is 12.2 Å². The van der Waals surface area contributed by atoms with Crippen LogP contribution in [0.2, 0.25) is 0 Å². The average Bonchev–Trinajstić information content (AvgIpc) is 2.63. The molecule has 8 nitrogen and oxygen atoms in total. The minimum atomic E-state index is -1.10. The summed E-state index contributed by atoms with van der Waals surface area (Å²) in [5, 5.41) is 51.2. The van der Waals surface area contributed by atoms with Gasteiger partial charge in [-0.25, -0.2) is 0 Å². The lowest BCUT2D eigenvalue weighted by Crippen LogP contribution is -2.58. The third-order valence-electron chi connectivity index (χ3n) is 6.31. The maximum absolute atomic E-state index is 10.6. The second kappa shape index (κ2) is 9.66. The zero-order valence-corrected chi connectivity index (χ0v) is 17.6. The van der Waals surface area contributed by atoms with Crippen molar-refractivity contribution in [1.82, 2.24) is 0 Å². The lowest BCUT2D eigenvalue weighted by Gasteiger charge is -2.46. The first-order valence-electron chi connectivity index (χ1n) is 10.1. The summed E-state index contributed by atoms with van der Waals surface area (Å²) in [5.74, 6) is -1.05. The van der Waals surface area contributed by atoms with Gasteiger partial charge in [0.05, 0.1) is 43.7 Å². The van der Waals surface area contributed by atoms with E-state index in [9.17, 15) is 25.5 Å². The number of aliphatic hydroxyl groups excluding tert-OH is 5. The van der Waals surface area contributed by atoms with Crippen LogP contribution < -0.4 is 0 Å². The van der Waals surface area contributed by atoms with Crippen molar-refractivity contribution in [2.45, 2.75) is 76.8 Å². The summed E-state index contributed by atoms with van der Waals surface area (Å²) in [6.07, 6.45) is -5.02. The monoisotopic (exact) mass is 406 g/mol. The SMILES string of the molecule is COC1C(CO)CC(COCC2C(C)OC(C(C)(C)C)C(O)C2O)C(O)C1O. The van der Waals surface area contributed by atoms with E-state index in [1.165, 1.54) is 7.11 Å². The molecule has 0 aromatic heterocycles. The summed E-state index contributed by atoms with van der Waals surface area (Å²) in [7, 11) is 1.45. The summed E-state index contributed by atoms with van der Waals surface area (Å²) in [6.45, 7) is 7.90. The average molecular weight is 407 g/mol. The van der Waals surface area contributed by atoms with Crippen LogP contribution in [-0.2, 0) is 14.2 Å². The molecule has 2 fully saturated rings. The number of aliphatic hydroxyl groups is 5. The molecule has 0 spiro atoms. The van der Waals surface area contributed by atoms with Crippen LogP contribution >= 0.6 is 0 Å². The predicted octanol–water partition coefficient (Wildman–Crippen LogP) is -0.460. The molecule has 1 saturated heterocycles. The number of ether oxygens (including phenoxy) is 3. The second-order valence-corrected chi connectivity index (χ2v) is 9.43. The Balaban J connectivity index is 1.92. The molecular formula is C20H38O8. The molecule has 0 amide bonds. The van der Waals surface area contributed by atoms with Crippen LogP contribution in [0.4, 0.5) is 0 Å². The van der Waals surface area contributed by atoms with E-state index in [2.05, 4.69) is 0 Å². The lowest BCUT2D eigenvalue weighted by atomic mass is 9.76. The molecule has 0 radical (unpaired) electrons. The third kappa shape index (κ3) is 5.05. The first kappa shape index (κ1) is 24.0. The summed E-state index contributed by atoms with van der Waals surface area (Å²) in [5.41, 5.74) is -0.306. The van der Waals surface area contributed by atoms with Gasteiger partial charge in [-0.15, -0.1) is 0 Å². The zero-order valence-electron chi connectivity index (χ0n) is 17.6. The van der Waals surface area contributed by atoms with Gasteiger partial charge in [0, 0.05) is 31.5 Å². The Morgan fingerprint density at radius 2 is 1.57 bits per heavy atom. The molecule has 1 aliphatic carbocycles. The maximum atomic E-state index is 10.6. The molecule has 1 aliphatic heterocycles. The summed E-state index contributed by atoms with van der Waals surface area (Å²) in [6, 6.07) is 0. The summed E-state index contributed by atoms with van der Waals surface area (Å²) in [4.78, 5) is 0. The van der Waals surface area contributed by atoms with E-state index >= 15 is 0 Å². The van der Waals surface area contributed by atoms with Crippen LogP contribution in [0.15, 0.2) is 0 Å². The van der Waals surface area contributed by atoms with Crippen LogP contribution in [0.1, 0.15) is 34.1 Å². The molecule has 1 heterocycles. The van der Waals surface area contributed by atoms with Gasteiger partial charge in [0.25, 0.3) is 0 Å². The molecule has 0 aromatic rings. The second-order valence-electron chi connectivity index (χ2n) is 9.43. The van der Waals surface area contributed by atoms with E-state index in [0.717, 1.165) is 0 Å². The Morgan fingerprint density at radius 1 is 0.929 bits per heavy atom. The van der Waals surface area contributed by atoms with Gasteiger partial charge in [-0.2, -0.15) is 0 Å². The molecule has 28 heavy (non-hydrogen) atoms. The molecule has 5 N–H and O–H groups in total. The maximum Gasteiger partial charge on any atom is 0.107 e. The molecule has 166 valence electrons. The van der Waals surface area contributed by atoms with Crippen molar-refractivity contribution >= 4 is 0 Å². The fourth-order valence-electron chi connectivity index (χ4n) is 4.52. The van der Waals surface area contributed by atoms with Gasteiger partial charge in [-0.3, -0.25) is 0 Å². The van der Waals surface area contributed by atoms with Gasteiger partial charge in [-0.1, -0.05) is 20.8 Å². The Bertz CT molecular complexity index is 479. The van der Waals surface area contributed by atoms with Gasteiger partial charge < -0.3 is 39.7 Å². The number of rotatable bonds is 6. The Hall–Kier alpha value is -0.320. The Kier molecular flexibility index (Phi) is 8.26. The van der Waals surface area contributed by atoms with Gasteiger partial charge >= 0.3 is 0 Å². The van der Waals surface area contributed by atoms with Crippen molar-refractivity contribution in [3.05, 3.63) is 0 Å². The van der Waals surface area contributed by atoms with Gasteiger partial charge in [-0.05, 0) is 18.8 Å². The standard InChI is InChI=1S/C20H38O8/c1-10-13(15(23)17(25)19(28-10)20(2,3)4)9-27-8-12-6-11(7-21)18(26-5)16(24)14(12)22/h10-19,21-25H,6-9H2,1-5H3. The Morgan fingerprint density at radius 3 is 2.11 bits per heavy atom. The molecule has 0 aromatic carbocycles. The molecule has 2 aliphatic rings. The largest absolute Gasteiger partial charge is 0.396 e. The van der Waals surface area contributed by atoms with Crippen molar-refractivity contribution in [3.63, 3.8) is 0 Å². The first-order chi connectivity index (χ1) is 13.0. The zero-order chi connectivity index (χ0) is 21.2. The Labute approximate surface area is 167 Å². The molecular weight excluding hydrogens is 368 g/mol. The van der Waals surface area contributed by atoms with Gasteiger partial charge in [0.2, 0.25) is 0 Å².